The van der Waals surface area contributed by atoms with Gasteiger partial charge in [-0.1, -0.05) is 0 Å². The molecule has 0 saturated carbocycles. The molecule has 11 nitrogen and oxygen atoms in total. The molecule has 0 amide bonds. The second kappa shape index (κ2) is 20.3. The van der Waals surface area contributed by atoms with E-state index >= 15 is 0 Å². The zero-order valence-electron chi connectivity index (χ0n) is 28.5. The van der Waals surface area contributed by atoms with Crippen LogP contribution in [-0.2, 0) is 0 Å². The molecule has 3 heterocycles. The third-order valence-electron chi connectivity index (χ3n) is 9.24. The van der Waals surface area contributed by atoms with Crippen LogP contribution in [0.25, 0.3) is 0 Å². The number of fused-ring (bicyclic) bond motifs is 21. The highest BCUT2D eigenvalue weighted by atomic mass is 16.5. The molecule has 0 unspecified atom stereocenters. The summed E-state index contributed by atoms with van der Waals surface area (Å²) in [6, 6.07) is 6.71. The summed E-state index contributed by atoms with van der Waals surface area (Å²) in [5, 5.41) is 9.15. The summed E-state index contributed by atoms with van der Waals surface area (Å²) in [4.78, 5) is 31.6. The predicted octanol–water partition coefficient (Wildman–Crippen LogP) is 0.746. The van der Waals surface area contributed by atoms with Crippen molar-refractivity contribution in [2.24, 2.45) is 0 Å². The first-order chi connectivity index (χ1) is 21.2. The molecule has 0 atom stereocenters. The Morgan fingerprint density at radius 3 is 1.32 bits per heavy atom. The minimum Gasteiger partial charge on any atom is -0.494 e. The highest BCUT2D eigenvalue weighted by Gasteiger charge is 2.16. The summed E-state index contributed by atoms with van der Waals surface area (Å²) in [6.45, 7) is 21.2. The summed E-state index contributed by atoms with van der Waals surface area (Å²) in [7, 11) is 11.4. The van der Waals surface area contributed by atoms with E-state index in [9.17, 15) is 4.79 Å². The van der Waals surface area contributed by atoms with Gasteiger partial charge < -0.3 is 39.2 Å². The van der Waals surface area contributed by atoms with Gasteiger partial charge in [0.25, 0.3) is 0 Å². The van der Waals surface area contributed by atoms with Gasteiger partial charge in [-0.15, -0.1) is 0 Å². The van der Waals surface area contributed by atoms with Crippen LogP contribution in [0.15, 0.2) is 24.3 Å². The van der Waals surface area contributed by atoms with Crippen molar-refractivity contribution in [3.05, 3.63) is 29.8 Å². The Morgan fingerprint density at radius 1 is 0.568 bits per heavy atom. The van der Waals surface area contributed by atoms with Gasteiger partial charge in [0.05, 0.1) is 12.2 Å². The fourth-order valence-corrected chi connectivity index (χ4v) is 5.58. The largest absolute Gasteiger partial charge is 0.494 e. The molecule has 11 heteroatoms. The molecule has 3 aliphatic heterocycles. The normalized spacial score (nSPS) is 25.5. The number of likely N-dealkylation sites (N-methyl/N-ethyl adjacent to an activating group) is 5. The Morgan fingerprint density at radius 2 is 0.909 bits per heavy atom. The van der Waals surface area contributed by atoms with Gasteiger partial charge in [0.2, 0.25) is 0 Å². The van der Waals surface area contributed by atoms with Crippen molar-refractivity contribution in [3.8, 4) is 5.75 Å². The number of rotatable bonds is 6. The van der Waals surface area contributed by atoms with E-state index in [1.54, 1.807) is 24.3 Å². The SMILES string of the molecule is CN1CCN(C)CCN2CCN(C)CCN(C)CCN(CC1)CCN(C)CCN(CCCOc1ccc(C(=O)O)cc1)CC2. The number of ether oxygens (including phenoxy) is 1. The Kier molecular flexibility index (Phi) is 16.9. The molecule has 1 aromatic rings. The van der Waals surface area contributed by atoms with E-state index in [4.69, 9.17) is 9.84 Å². The smallest absolute Gasteiger partial charge is 0.335 e. The zero-order chi connectivity index (χ0) is 31.7. The maximum absolute atomic E-state index is 11.1. The van der Waals surface area contributed by atoms with Crippen LogP contribution >= 0.6 is 0 Å². The van der Waals surface area contributed by atoms with Crippen LogP contribution in [0.4, 0.5) is 0 Å². The molecule has 0 spiro atoms. The van der Waals surface area contributed by atoms with Crippen LogP contribution in [0.2, 0.25) is 0 Å². The quantitative estimate of drug-likeness (QED) is 0.460. The lowest BCUT2D eigenvalue weighted by molar-refractivity contribution is 0.0697. The van der Waals surface area contributed by atoms with Gasteiger partial charge in [-0.2, -0.15) is 0 Å². The van der Waals surface area contributed by atoms with Crippen LogP contribution in [0.5, 0.6) is 5.75 Å². The van der Waals surface area contributed by atoms with Gasteiger partial charge in [0.15, 0.2) is 0 Å². The van der Waals surface area contributed by atoms with E-state index in [1.807, 2.05) is 0 Å². The molecule has 44 heavy (non-hydrogen) atoms. The number of carboxylic acid groups (broad SMARTS) is 1. The number of carbonyl (C=O) groups is 1. The van der Waals surface area contributed by atoms with Gasteiger partial charge in [-0.25, -0.2) is 4.79 Å². The summed E-state index contributed by atoms with van der Waals surface area (Å²) < 4.78 is 5.97. The predicted molar refractivity (Wildman–Crippen MR) is 180 cm³/mol. The molecule has 1 N–H and O–H groups in total. The van der Waals surface area contributed by atoms with Gasteiger partial charge in [0.1, 0.15) is 5.75 Å². The monoisotopic (exact) mass is 618 g/mol. The van der Waals surface area contributed by atoms with Crippen molar-refractivity contribution < 1.29 is 14.6 Å². The molecule has 3 saturated heterocycles. The minimum absolute atomic E-state index is 0.284. The highest BCUT2D eigenvalue weighted by Crippen LogP contribution is 2.12. The van der Waals surface area contributed by atoms with Crippen LogP contribution in [-0.4, -0.2) is 216 Å². The first kappa shape index (κ1) is 36.6. The number of hydrogen-bond donors (Lipinski definition) is 1. The first-order valence-electron chi connectivity index (χ1n) is 16.7. The van der Waals surface area contributed by atoms with E-state index in [1.165, 1.54) is 0 Å². The second-order valence-corrected chi connectivity index (χ2v) is 13.1. The standard InChI is InChI=1S/C33H62N8O3/c1-34-12-14-36(3)19-26-41-27-20-37(4)15-13-35(2)18-24-40(23-17-34)25-21-38(5)16-22-39(28-29-41)11-6-30-44-32-9-7-31(8-10-32)33(42)43/h7-10H,6,11-30H2,1-5H3,(H,42,43). The number of carboxylic acids is 1. The Hall–Kier alpha value is -1.83. The number of benzene rings is 1. The van der Waals surface area contributed by atoms with Crippen molar-refractivity contribution >= 4 is 5.97 Å². The van der Waals surface area contributed by atoms with E-state index in [-0.39, 0.29) is 5.56 Å². The lowest BCUT2D eigenvalue weighted by Crippen LogP contribution is -2.47. The molecule has 2 bridgehead atoms. The summed E-state index contributed by atoms with van der Waals surface area (Å²) in [5.41, 5.74) is 0.284. The van der Waals surface area contributed by atoms with Crippen LogP contribution < -0.4 is 4.74 Å². The van der Waals surface area contributed by atoms with E-state index in [0.29, 0.717) is 6.61 Å². The Balaban J connectivity index is 1.67. The van der Waals surface area contributed by atoms with Gasteiger partial charge in [-0.05, 0) is 65.9 Å². The van der Waals surface area contributed by atoms with Gasteiger partial charge in [0, 0.05) is 124 Å². The second-order valence-electron chi connectivity index (χ2n) is 13.1. The minimum atomic E-state index is -0.913. The zero-order valence-corrected chi connectivity index (χ0v) is 28.5. The number of nitrogens with zero attached hydrogens (tertiary/aromatic N) is 8. The van der Waals surface area contributed by atoms with Crippen molar-refractivity contribution in [2.45, 2.75) is 6.42 Å². The molecule has 1 aromatic carbocycles. The Bertz CT molecular complexity index is 895. The molecule has 3 aliphatic rings. The third kappa shape index (κ3) is 15.0. The number of hydrogen-bond acceptors (Lipinski definition) is 10. The third-order valence-corrected chi connectivity index (χ3v) is 9.24. The fraction of sp³-hybridized carbons (Fsp3) is 0.788. The maximum atomic E-state index is 11.1. The lowest BCUT2D eigenvalue weighted by atomic mass is 10.2. The van der Waals surface area contributed by atoms with Crippen LogP contribution in [0.3, 0.4) is 0 Å². The van der Waals surface area contributed by atoms with Crippen LogP contribution in [0.1, 0.15) is 16.8 Å². The van der Waals surface area contributed by atoms with E-state index in [0.717, 1.165) is 137 Å². The molecule has 4 rings (SSSR count). The topological polar surface area (TPSA) is 72.5 Å². The van der Waals surface area contributed by atoms with E-state index < -0.39 is 5.97 Å². The highest BCUT2D eigenvalue weighted by molar-refractivity contribution is 5.87. The molecule has 0 radical (unpaired) electrons. The molecule has 0 aromatic heterocycles. The number of aromatic carboxylic acids is 1. The van der Waals surface area contributed by atoms with Gasteiger partial charge >= 0.3 is 5.97 Å². The Labute approximate surface area is 267 Å². The summed E-state index contributed by atoms with van der Waals surface area (Å²) in [5.74, 6) is -0.187. The van der Waals surface area contributed by atoms with Crippen LogP contribution in [0, 0.1) is 0 Å². The summed E-state index contributed by atoms with van der Waals surface area (Å²) in [6.07, 6.45) is 0.935. The fourth-order valence-electron chi connectivity index (χ4n) is 5.58. The molecular weight excluding hydrogens is 556 g/mol. The average molecular weight is 619 g/mol. The molecule has 0 aliphatic carbocycles. The van der Waals surface area contributed by atoms with Gasteiger partial charge in [-0.3, -0.25) is 9.80 Å². The first-order valence-corrected chi connectivity index (χ1v) is 16.7. The van der Waals surface area contributed by atoms with Crippen molar-refractivity contribution in [1.29, 1.82) is 0 Å². The van der Waals surface area contributed by atoms with Crippen molar-refractivity contribution in [3.63, 3.8) is 0 Å². The maximum Gasteiger partial charge on any atom is 0.335 e. The molecule has 3 fully saturated rings. The summed E-state index contributed by atoms with van der Waals surface area (Å²) >= 11 is 0. The molecule has 252 valence electrons. The van der Waals surface area contributed by atoms with Crippen molar-refractivity contribution in [2.75, 3.05) is 166 Å². The molecular formula is C33H62N8O3. The lowest BCUT2D eigenvalue weighted by Gasteiger charge is -2.34. The van der Waals surface area contributed by atoms with E-state index in [2.05, 4.69) is 74.4 Å². The van der Waals surface area contributed by atoms with Crippen molar-refractivity contribution in [1.82, 2.24) is 39.2 Å². The average Bonchev–Trinajstić information content (AvgIpc) is 3.01.